The minimum Gasteiger partial charge on any atom is -0.325 e. The van der Waals surface area contributed by atoms with Crippen LogP contribution in [0, 0.1) is 13.8 Å². The molecule has 1 aliphatic rings. The number of hydrogen-bond donors (Lipinski definition) is 1. The fraction of sp³-hybridized carbons (Fsp3) is 0.292. The van der Waals surface area contributed by atoms with Crippen LogP contribution in [-0.2, 0) is 17.8 Å². The van der Waals surface area contributed by atoms with Crippen molar-refractivity contribution in [1.82, 2.24) is 9.55 Å². The maximum Gasteiger partial charge on any atom is 0.268 e. The number of thioether (sulfide) groups is 2. The highest BCUT2D eigenvalue weighted by molar-refractivity contribution is 8.00. The van der Waals surface area contributed by atoms with Gasteiger partial charge < -0.3 is 5.32 Å². The molecule has 0 radical (unpaired) electrons. The van der Waals surface area contributed by atoms with E-state index in [0.29, 0.717) is 17.0 Å². The van der Waals surface area contributed by atoms with Crippen LogP contribution in [0.5, 0.6) is 0 Å². The standard InChI is InChI=1S/C24H25N3O2S2/c1-15-8-7-11-19(17(15)3)25-21(28)14-30-24-26-20-12-16(2)31-22(20)23(29)27(24)13-18-9-5-4-6-10-18/h4-11,16H,12-14H2,1-3H3,(H,25,28)/t16-/m1/s1. The molecular weight excluding hydrogens is 426 g/mol. The molecule has 5 nitrogen and oxygen atoms in total. The van der Waals surface area contributed by atoms with Gasteiger partial charge in [0.1, 0.15) is 0 Å². The predicted octanol–water partition coefficient (Wildman–Crippen LogP) is 4.68. The number of amides is 1. The normalized spacial score (nSPS) is 15.0. The summed E-state index contributed by atoms with van der Waals surface area (Å²) in [4.78, 5) is 31.4. The minimum absolute atomic E-state index is 0.0133. The maximum atomic E-state index is 13.2. The van der Waals surface area contributed by atoms with Crippen LogP contribution in [0.2, 0.25) is 0 Å². The smallest absolute Gasteiger partial charge is 0.268 e. The molecule has 31 heavy (non-hydrogen) atoms. The third-order valence-corrected chi connectivity index (χ3v) is 7.55. The molecule has 4 rings (SSSR count). The monoisotopic (exact) mass is 451 g/mol. The number of rotatable bonds is 6. The highest BCUT2D eigenvalue weighted by atomic mass is 32.2. The summed E-state index contributed by atoms with van der Waals surface area (Å²) in [7, 11) is 0. The number of benzene rings is 2. The molecule has 0 spiro atoms. The second-order valence-electron chi connectivity index (χ2n) is 7.76. The van der Waals surface area contributed by atoms with E-state index in [0.717, 1.165) is 39.4 Å². The molecule has 160 valence electrons. The molecule has 1 N–H and O–H groups in total. The molecule has 7 heteroatoms. The number of hydrogen-bond acceptors (Lipinski definition) is 5. The van der Waals surface area contributed by atoms with Crippen molar-refractivity contribution >= 4 is 35.1 Å². The van der Waals surface area contributed by atoms with Crippen molar-refractivity contribution in [2.24, 2.45) is 0 Å². The molecule has 0 unspecified atom stereocenters. The van der Waals surface area contributed by atoms with Gasteiger partial charge in [-0.15, -0.1) is 11.8 Å². The maximum absolute atomic E-state index is 13.2. The molecule has 1 atom stereocenters. The molecule has 0 fully saturated rings. The summed E-state index contributed by atoms with van der Waals surface area (Å²) in [6.07, 6.45) is 0.781. The van der Waals surface area contributed by atoms with E-state index in [9.17, 15) is 9.59 Å². The molecule has 2 heterocycles. The molecule has 1 aliphatic heterocycles. The lowest BCUT2D eigenvalue weighted by Gasteiger charge is -2.14. The molecule has 0 aliphatic carbocycles. The van der Waals surface area contributed by atoms with Crippen molar-refractivity contribution in [3.05, 3.63) is 81.3 Å². The van der Waals surface area contributed by atoms with Crippen LogP contribution in [0.15, 0.2) is 63.4 Å². The molecular formula is C24H25N3O2S2. The number of nitrogens with zero attached hydrogens (tertiary/aromatic N) is 2. The van der Waals surface area contributed by atoms with Gasteiger partial charge in [0, 0.05) is 17.4 Å². The van der Waals surface area contributed by atoms with E-state index in [1.165, 1.54) is 11.8 Å². The van der Waals surface area contributed by atoms with Crippen LogP contribution < -0.4 is 10.9 Å². The lowest BCUT2D eigenvalue weighted by Crippen LogP contribution is -2.26. The van der Waals surface area contributed by atoms with Crippen molar-refractivity contribution in [3.63, 3.8) is 0 Å². The zero-order chi connectivity index (χ0) is 22.0. The summed E-state index contributed by atoms with van der Waals surface area (Å²) in [5.41, 5.74) is 4.88. The number of anilines is 1. The number of fused-ring (bicyclic) bond motifs is 1. The Bertz CT molecular complexity index is 1180. The second kappa shape index (κ2) is 9.32. The van der Waals surface area contributed by atoms with E-state index in [-0.39, 0.29) is 17.2 Å². The Labute approximate surface area is 190 Å². The van der Waals surface area contributed by atoms with E-state index < -0.39 is 0 Å². The number of carbonyl (C=O) groups excluding carboxylic acids is 1. The number of carbonyl (C=O) groups is 1. The van der Waals surface area contributed by atoms with Crippen LogP contribution >= 0.6 is 23.5 Å². The van der Waals surface area contributed by atoms with Gasteiger partial charge in [0.2, 0.25) is 5.91 Å². The Kier molecular flexibility index (Phi) is 6.53. The number of aromatic nitrogens is 2. The summed E-state index contributed by atoms with van der Waals surface area (Å²) in [5, 5.41) is 3.92. The van der Waals surface area contributed by atoms with Crippen LogP contribution in [0.3, 0.4) is 0 Å². The zero-order valence-corrected chi connectivity index (χ0v) is 19.5. The lowest BCUT2D eigenvalue weighted by molar-refractivity contribution is -0.113. The molecule has 0 saturated carbocycles. The first-order valence-corrected chi connectivity index (χ1v) is 12.1. The number of nitrogens with one attached hydrogen (secondary N) is 1. The summed E-state index contributed by atoms with van der Waals surface area (Å²) in [6.45, 7) is 6.57. The summed E-state index contributed by atoms with van der Waals surface area (Å²) >= 11 is 2.91. The Hall–Kier alpha value is -2.51. The topological polar surface area (TPSA) is 64.0 Å². The van der Waals surface area contributed by atoms with E-state index >= 15 is 0 Å². The van der Waals surface area contributed by atoms with Crippen LogP contribution in [0.4, 0.5) is 5.69 Å². The van der Waals surface area contributed by atoms with Gasteiger partial charge in [0.05, 0.1) is 22.9 Å². The third-order valence-electron chi connectivity index (χ3n) is 5.36. The van der Waals surface area contributed by atoms with Crippen molar-refractivity contribution in [2.75, 3.05) is 11.1 Å². The predicted molar refractivity (Wildman–Crippen MR) is 128 cm³/mol. The lowest BCUT2D eigenvalue weighted by atomic mass is 10.1. The van der Waals surface area contributed by atoms with Gasteiger partial charge in [-0.1, -0.05) is 61.2 Å². The van der Waals surface area contributed by atoms with Gasteiger partial charge in [-0.05, 0) is 36.6 Å². The Balaban J connectivity index is 1.57. The van der Waals surface area contributed by atoms with Gasteiger partial charge in [-0.3, -0.25) is 14.2 Å². The zero-order valence-electron chi connectivity index (χ0n) is 17.8. The quantitative estimate of drug-likeness (QED) is 0.436. The summed E-state index contributed by atoms with van der Waals surface area (Å²) in [5.74, 6) is 0.0817. The minimum atomic E-state index is -0.109. The van der Waals surface area contributed by atoms with Crippen molar-refractivity contribution in [3.8, 4) is 0 Å². The average Bonchev–Trinajstić information content (AvgIpc) is 3.13. The molecule has 0 saturated heterocycles. The Morgan fingerprint density at radius 3 is 2.74 bits per heavy atom. The highest BCUT2D eigenvalue weighted by Gasteiger charge is 2.26. The van der Waals surface area contributed by atoms with E-state index in [4.69, 9.17) is 4.98 Å². The molecule has 1 amide bonds. The van der Waals surface area contributed by atoms with Crippen LogP contribution in [0.25, 0.3) is 0 Å². The van der Waals surface area contributed by atoms with Crippen LogP contribution in [0.1, 0.15) is 29.3 Å². The first-order chi connectivity index (χ1) is 14.9. The van der Waals surface area contributed by atoms with E-state index in [1.807, 2.05) is 62.4 Å². The third kappa shape index (κ3) is 4.88. The Morgan fingerprint density at radius 1 is 1.19 bits per heavy atom. The first-order valence-electron chi connectivity index (χ1n) is 10.3. The van der Waals surface area contributed by atoms with E-state index in [2.05, 4.69) is 12.2 Å². The Morgan fingerprint density at radius 2 is 1.97 bits per heavy atom. The van der Waals surface area contributed by atoms with Gasteiger partial charge >= 0.3 is 0 Å². The molecule has 3 aromatic rings. The van der Waals surface area contributed by atoms with Crippen molar-refractivity contribution in [2.45, 2.75) is 49.0 Å². The number of aryl methyl sites for hydroxylation is 1. The van der Waals surface area contributed by atoms with Gasteiger partial charge in [0.15, 0.2) is 5.16 Å². The summed E-state index contributed by atoms with van der Waals surface area (Å²) < 4.78 is 1.70. The van der Waals surface area contributed by atoms with Gasteiger partial charge in [-0.25, -0.2) is 4.98 Å². The van der Waals surface area contributed by atoms with Gasteiger partial charge in [0.25, 0.3) is 5.56 Å². The second-order valence-corrected chi connectivity index (χ2v) is 10.2. The van der Waals surface area contributed by atoms with Crippen molar-refractivity contribution < 1.29 is 4.79 Å². The van der Waals surface area contributed by atoms with E-state index in [1.54, 1.807) is 16.3 Å². The average molecular weight is 452 g/mol. The highest BCUT2D eigenvalue weighted by Crippen LogP contribution is 2.34. The molecule has 0 bridgehead atoms. The van der Waals surface area contributed by atoms with Crippen molar-refractivity contribution in [1.29, 1.82) is 0 Å². The fourth-order valence-electron chi connectivity index (χ4n) is 3.55. The SMILES string of the molecule is Cc1cccc(NC(=O)CSc2nc3c(c(=O)n2Cc2ccccc2)S[C@H](C)C3)c1C. The fourth-order valence-corrected chi connectivity index (χ4v) is 5.48. The largest absolute Gasteiger partial charge is 0.325 e. The molecule has 2 aromatic carbocycles. The van der Waals surface area contributed by atoms with Crippen LogP contribution in [-0.4, -0.2) is 26.5 Å². The first kappa shape index (κ1) is 21.7. The summed E-state index contributed by atoms with van der Waals surface area (Å²) in [6, 6.07) is 15.7. The van der Waals surface area contributed by atoms with Gasteiger partial charge in [-0.2, -0.15) is 0 Å². The molecule has 1 aromatic heterocycles.